The van der Waals surface area contributed by atoms with Crippen LogP contribution in [0.25, 0.3) is 92.8 Å². The molecule has 1 heterocycles. The Bertz CT molecular complexity index is 2820. The van der Waals surface area contributed by atoms with E-state index in [1.165, 1.54) is 98.4 Å². The molecule has 0 aliphatic rings. The van der Waals surface area contributed by atoms with Gasteiger partial charge < -0.3 is 4.57 Å². The first-order valence-electron chi connectivity index (χ1n) is 16.7. The van der Waals surface area contributed by atoms with E-state index < -0.39 is 0 Å². The fourth-order valence-electron chi connectivity index (χ4n) is 8.07. The molecular formula is C47H31N. The number of aromatic nitrogens is 1. The average molecular weight is 610 g/mol. The van der Waals surface area contributed by atoms with Crippen LogP contribution in [0, 0.1) is 6.92 Å². The molecule has 10 rings (SSSR count). The monoisotopic (exact) mass is 609 g/mol. The van der Waals surface area contributed by atoms with Crippen molar-refractivity contribution < 1.29 is 0 Å². The second kappa shape index (κ2) is 10.4. The maximum atomic E-state index is 2.45. The lowest BCUT2D eigenvalue weighted by Crippen LogP contribution is -1.94. The van der Waals surface area contributed by atoms with Crippen molar-refractivity contribution in [3.05, 3.63) is 175 Å². The van der Waals surface area contributed by atoms with Crippen LogP contribution in [-0.2, 0) is 0 Å². The fraction of sp³-hybridized carbons (Fsp3) is 0.0213. The van der Waals surface area contributed by atoms with Gasteiger partial charge in [0, 0.05) is 16.5 Å². The molecule has 0 amide bonds. The predicted octanol–water partition coefficient (Wildman–Crippen LogP) is 13.0. The third kappa shape index (κ3) is 3.91. The summed E-state index contributed by atoms with van der Waals surface area (Å²) in [6, 6.07) is 62.7. The molecule has 0 saturated heterocycles. The van der Waals surface area contributed by atoms with Gasteiger partial charge in [-0.15, -0.1) is 0 Å². The number of rotatable bonds is 3. The molecule has 0 radical (unpaired) electrons. The highest BCUT2D eigenvalue weighted by atomic mass is 15.0. The van der Waals surface area contributed by atoms with Gasteiger partial charge in [-0.2, -0.15) is 0 Å². The Labute approximate surface area is 278 Å². The first-order chi connectivity index (χ1) is 23.7. The number of benzene rings is 9. The van der Waals surface area contributed by atoms with Gasteiger partial charge in [0.15, 0.2) is 0 Å². The largest absolute Gasteiger partial charge is 0.309 e. The Morgan fingerprint density at radius 3 is 1.50 bits per heavy atom. The van der Waals surface area contributed by atoms with Gasteiger partial charge >= 0.3 is 0 Å². The molecule has 10 aromatic rings. The van der Waals surface area contributed by atoms with Crippen molar-refractivity contribution in [2.75, 3.05) is 0 Å². The van der Waals surface area contributed by atoms with E-state index >= 15 is 0 Å². The minimum atomic E-state index is 1.17. The number of aryl methyl sites for hydroxylation is 1. The van der Waals surface area contributed by atoms with E-state index in [1.54, 1.807) is 0 Å². The van der Waals surface area contributed by atoms with Crippen LogP contribution in [0.5, 0.6) is 0 Å². The SMILES string of the molecule is Cc1ccc(-c2c3cccc(-c4ccc(-n5c6ccccc6c6ccccc65)cc4)c3cc3c4ccccc4c4ccccc4c23)cc1. The summed E-state index contributed by atoms with van der Waals surface area (Å²) in [5.41, 5.74) is 9.89. The third-order valence-corrected chi connectivity index (χ3v) is 10.2. The predicted molar refractivity (Wildman–Crippen MR) is 206 cm³/mol. The average Bonchev–Trinajstić information content (AvgIpc) is 3.49. The summed E-state index contributed by atoms with van der Waals surface area (Å²) >= 11 is 0. The highest BCUT2D eigenvalue weighted by molar-refractivity contribution is 6.32. The smallest absolute Gasteiger partial charge is 0.0541 e. The zero-order chi connectivity index (χ0) is 31.8. The molecule has 0 saturated carbocycles. The molecule has 1 heteroatoms. The first kappa shape index (κ1) is 27.0. The number of nitrogens with zero attached hydrogens (tertiary/aromatic N) is 1. The summed E-state index contributed by atoms with van der Waals surface area (Å²) in [7, 11) is 0. The molecule has 0 unspecified atom stereocenters. The molecule has 224 valence electrons. The minimum Gasteiger partial charge on any atom is -0.309 e. The van der Waals surface area contributed by atoms with Gasteiger partial charge in [0.05, 0.1) is 11.0 Å². The Morgan fingerprint density at radius 2 is 0.854 bits per heavy atom. The summed E-state index contributed by atoms with van der Waals surface area (Å²) in [6.45, 7) is 2.16. The molecule has 0 aliphatic carbocycles. The highest BCUT2D eigenvalue weighted by Gasteiger charge is 2.18. The molecule has 0 N–H and O–H groups in total. The van der Waals surface area contributed by atoms with E-state index in [1.807, 2.05) is 0 Å². The van der Waals surface area contributed by atoms with Gasteiger partial charge in [0.25, 0.3) is 0 Å². The summed E-state index contributed by atoms with van der Waals surface area (Å²) in [5, 5.41) is 12.9. The molecule has 1 aromatic heterocycles. The molecule has 1 nitrogen and oxygen atoms in total. The number of fused-ring (bicyclic) bond motifs is 10. The summed E-state index contributed by atoms with van der Waals surface area (Å²) in [6.07, 6.45) is 0. The molecule has 0 spiro atoms. The van der Waals surface area contributed by atoms with Crippen molar-refractivity contribution in [2.45, 2.75) is 6.92 Å². The van der Waals surface area contributed by atoms with Gasteiger partial charge in [-0.05, 0) is 103 Å². The molecule has 9 aromatic carbocycles. The highest BCUT2D eigenvalue weighted by Crippen LogP contribution is 2.46. The molecule has 0 atom stereocenters. The van der Waals surface area contributed by atoms with Crippen LogP contribution >= 0.6 is 0 Å². The van der Waals surface area contributed by atoms with Crippen LogP contribution in [0.2, 0.25) is 0 Å². The molecule has 0 aliphatic heterocycles. The molecule has 0 fully saturated rings. The Morgan fingerprint density at radius 1 is 0.354 bits per heavy atom. The lowest BCUT2D eigenvalue weighted by molar-refractivity contribution is 1.18. The maximum absolute atomic E-state index is 2.45. The lowest BCUT2D eigenvalue weighted by Gasteiger charge is -2.19. The van der Waals surface area contributed by atoms with Crippen LogP contribution in [0.4, 0.5) is 0 Å². The molecule has 0 bridgehead atoms. The van der Waals surface area contributed by atoms with E-state index in [9.17, 15) is 0 Å². The van der Waals surface area contributed by atoms with Crippen LogP contribution in [-0.4, -0.2) is 4.57 Å². The topological polar surface area (TPSA) is 4.93 Å². The van der Waals surface area contributed by atoms with E-state index in [0.29, 0.717) is 0 Å². The van der Waals surface area contributed by atoms with Crippen molar-refractivity contribution in [1.29, 1.82) is 0 Å². The number of para-hydroxylation sites is 2. The van der Waals surface area contributed by atoms with Gasteiger partial charge in [0.2, 0.25) is 0 Å². The van der Waals surface area contributed by atoms with E-state index in [0.717, 1.165) is 0 Å². The van der Waals surface area contributed by atoms with Gasteiger partial charge in [0.1, 0.15) is 0 Å². The van der Waals surface area contributed by atoms with E-state index in [-0.39, 0.29) is 0 Å². The number of hydrogen-bond acceptors (Lipinski definition) is 0. The van der Waals surface area contributed by atoms with Gasteiger partial charge in [-0.1, -0.05) is 145 Å². The lowest BCUT2D eigenvalue weighted by atomic mass is 9.84. The Balaban J connectivity index is 1.26. The quantitative estimate of drug-likeness (QED) is 0.139. The van der Waals surface area contributed by atoms with Crippen molar-refractivity contribution in [2.24, 2.45) is 0 Å². The standard InChI is InChI=1S/C47H31N/c1-30-21-23-32(24-22-30)46-41-18-10-17-34(42(41)29-43-37-13-3-2-11-35(37)36-12-4-5-16-40(36)47(43)46)31-25-27-33(28-26-31)48-44-19-8-6-14-38(44)39-15-7-9-20-45(39)48/h2-29H,1H3. The van der Waals surface area contributed by atoms with Crippen LogP contribution in [0.3, 0.4) is 0 Å². The van der Waals surface area contributed by atoms with Crippen LogP contribution in [0.1, 0.15) is 5.56 Å². The zero-order valence-corrected chi connectivity index (χ0v) is 26.6. The molecular weight excluding hydrogens is 579 g/mol. The fourth-order valence-corrected chi connectivity index (χ4v) is 8.07. The summed E-state index contributed by atoms with van der Waals surface area (Å²) in [5.74, 6) is 0. The second-order valence-electron chi connectivity index (χ2n) is 12.9. The maximum Gasteiger partial charge on any atom is 0.0541 e. The van der Waals surface area contributed by atoms with Crippen LogP contribution < -0.4 is 0 Å². The normalized spacial score (nSPS) is 11.9. The van der Waals surface area contributed by atoms with E-state index in [4.69, 9.17) is 0 Å². The first-order valence-corrected chi connectivity index (χ1v) is 16.7. The van der Waals surface area contributed by atoms with Crippen molar-refractivity contribution >= 4 is 64.9 Å². The van der Waals surface area contributed by atoms with Gasteiger partial charge in [-0.3, -0.25) is 0 Å². The van der Waals surface area contributed by atoms with Crippen molar-refractivity contribution in [1.82, 2.24) is 4.57 Å². The van der Waals surface area contributed by atoms with E-state index in [2.05, 4.69) is 181 Å². The Kier molecular flexibility index (Phi) is 5.86. The van der Waals surface area contributed by atoms with Gasteiger partial charge in [-0.25, -0.2) is 0 Å². The molecule has 48 heavy (non-hydrogen) atoms. The second-order valence-corrected chi connectivity index (χ2v) is 12.9. The minimum absolute atomic E-state index is 1.17. The number of hydrogen-bond donors (Lipinski definition) is 0. The third-order valence-electron chi connectivity index (χ3n) is 10.2. The van der Waals surface area contributed by atoms with Crippen molar-refractivity contribution in [3.8, 4) is 27.9 Å². The Hall–Kier alpha value is -6.18. The zero-order valence-electron chi connectivity index (χ0n) is 26.6. The van der Waals surface area contributed by atoms with Crippen LogP contribution in [0.15, 0.2) is 170 Å². The summed E-state index contributed by atoms with van der Waals surface area (Å²) in [4.78, 5) is 0. The summed E-state index contributed by atoms with van der Waals surface area (Å²) < 4.78 is 2.39. The van der Waals surface area contributed by atoms with Crippen molar-refractivity contribution in [3.63, 3.8) is 0 Å².